The minimum absolute atomic E-state index is 0. The summed E-state index contributed by atoms with van der Waals surface area (Å²) in [7, 11) is -4.61. The molecule has 60 valence electrons. The van der Waals surface area contributed by atoms with Crippen molar-refractivity contribution in [1.82, 2.24) is 0 Å². The molecule has 0 aromatic carbocycles. The molecule has 1 unspecified atom stereocenters. The van der Waals surface area contributed by atoms with Gasteiger partial charge in [-0.1, -0.05) is 0 Å². The SMILES string of the molecule is O[Si](O)(O)O.P.[AlH3].[B].[Cu]. The third-order valence-corrected chi connectivity index (χ3v) is 0. The van der Waals surface area contributed by atoms with Crippen molar-refractivity contribution in [3.8, 4) is 0 Å². The van der Waals surface area contributed by atoms with Gasteiger partial charge in [0.05, 0.1) is 0 Å². The average Bonchev–Trinajstić information content (AvgIpc) is 0.722. The monoisotopic (exact) mass is 234 g/mol. The Labute approximate surface area is 81.0 Å². The predicted molar refractivity (Wildman–Crippen MR) is 41.4 cm³/mol. The molecule has 0 aromatic heterocycles. The number of rotatable bonds is 0. The van der Waals surface area contributed by atoms with E-state index in [1.54, 1.807) is 0 Å². The second kappa shape index (κ2) is 12.3. The Morgan fingerprint density at radius 2 is 0.889 bits per heavy atom. The van der Waals surface area contributed by atoms with E-state index >= 15 is 0 Å². The van der Waals surface area contributed by atoms with Crippen LogP contribution in [0.1, 0.15) is 0 Å². The number of hydrogen-bond acceptors (Lipinski definition) is 4. The summed E-state index contributed by atoms with van der Waals surface area (Å²) in [4.78, 5) is 29.3. The molecule has 9 heavy (non-hydrogen) atoms. The Morgan fingerprint density at radius 1 is 0.889 bits per heavy atom. The molecule has 4 nitrogen and oxygen atoms in total. The molecule has 0 saturated carbocycles. The van der Waals surface area contributed by atoms with Gasteiger partial charge in [0.1, 0.15) is 0 Å². The van der Waals surface area contributed by atoms with Gasteiger partial charge in [-0.15, -0.1) is 0 Å². The summed E-state index contributed by atoms with van der Waals surface area (Å²) < 4.78 is 0. The van der Waals surface area contributed by atoms with Crippen LogP contribution in [0, 0.1) is 0 Å². The Kier molecular flexibility index (Phi) is 42.6. The summed E-state index contributed by atoms with van der Waals surface area (Å²) in [6.07, 6.45) is 0. The van der Waals surface area contributed by atoms with Crippen LogP contribution < -0.4 is 0 Å². The van der Waals surface area contributed by atoms with Crippen molar-refractivity contribution < 1.29 is 36.3 Å². The predicted octanol–water partition coefficient (Wildman–Crippen LogP) is -4.12. The van der Waals surface area contributed by atoms with Crippen molar-refractivity contribution in [3.05, 3.63) is 0 Å². The fourth-order valence-electron chi connectivity index (χ4n) is 0. The maximum absolute atomic E-state index is 7.33. The minimum atomic E-state index is -4.61. The first-order valence-electron chi connectivity index (χ1n) is 0.894. The first-order chi connectivity index (χ1) is 2.00. The quantitative estimate of drug-likeness (QED) is 0.254. The van der Waals surface area contributed by atoms with Gasteiger partial charge in [-0.25, -0.2) is 0 Å². The van der Waals surface area contributed by atoms with Crippen LogP contribution in [0.5, 0.6) is 0 Å². The van der Waals surface area contributed by atoms with Crippen molar-refractivity contribution in [2.24, 2.45) is 0 Å². The molecule has 9 heteroatoms. The van der Waals surface area contributed by atoms with Crippen LogP contribution in [0.2, 0.25) is 0 Å². The third-order valence-electron chi connectivity index (χ3n) is 0. The van der Waals surface area contributed by atoms with E-state index in [-0.39, 0.29) is 52.7 Å². The molecule has 0 rings (SSSR count). The molecule has 0 saturated heterocycles. The van der Waals surface area contributed by atoms with E-state index in [4.69, 9.17) is 19.2 Å². The van der Waals surface area contributed by atoms with Crippen molar-refractivity contribution in [2.75, 3.05) is 0 Å². The smallest absolute Gasteiger partial charge is 0.368 e. The summed E-state index contributed by atoms with van der Waals surface area (Å²) in [6, 6.07) is 0. The van der Waals surface area contributed by atoms with Gasteiger partial charge in [0.25, 0.3) is 0 Å². The molecule has 0 aromatic rings. The van der Waals surface area contributed by atoms with Gasteiger partial charge in [-0.05, 0) is 0 Å². The molecular formula is H10AlBCuO4PSi. The van der Waals surface area contributed by atoms with Crippen LogP contribution in [0.4, 0.5) is 0 Å². The molecule has 0 amide bonds. The summed E-state index contributed by atoms with van der Waals surface area (Å²) in [5, 5.41) is 0. The van der Waals surface area contributed by atoms with Crippen molar-refractivity contribution in [2.45, 2.75) is 0 Å². The largest absolute Gasteiger partial charge is 0.668 e. The molecule has 0 spiro atoms. The molecule has 4 N–H and O–H groups in total. The van der Waals surface area contributed by atoms with Gasteiger partial charge in [0.15, 0.2) is 17.4 Å². The van der Waals surface area contributed by atoms with Crippen LogP contribution in [0.15, 0.2) is 0 Å². The Bertz CT molecular complexity index is 36.0. The maximum Gasteiger partial charge on any atom is 0.668 e. The van der Waals surface area contributed by atoms with Gasteiger partial charge in [-0.3, -0.25) is 0 Å². The van der Waals surface area contributed by atoms with Gasteiger partial charge in [0.2, 0.25) is 0 Å². The molecule has 0 heterocycles. The van der Waals surface area contributed by atoms with Gasteiger partial charge < -0.3 is 19.2 Å². The Balaban J connectivity index is -0.0000000133. The molecule has 0 aliphatic rings. The zero-order valence-electron chi connectivity index (χ0n) is 3.87. The van der Waals surface area contributed by atoms with Gasteiger partial charge in [0, 0.05) is 25.5 Å². The van der Waals surface area contributed by atoms with Crippen LogP contribution >= 0.6 is 9.90 Å². The fraction of sp³-hybridized carbons (Fsp3) is 0. The standard InChI is InChI=1S/Al.B.Cu.H4O4Si.H3P.3H/c;;;1-5(2,3)4;;;;/h;;;1-4H;1H3;;;. The summed E-state index contributed by atoms with van der Waals surface area (Å²) in [6.45, 7) is 0. The zero-order valence-corrected chi connectivity index (χ0v) is 7.23. The molecule has 1 atom stereocenters. The normalized spacial score (nSPS) is 6.67. The average molecular weight is 234 g/mol. The molecule has 0 fully saturated rings. The van der Waals surface area contributed by atoms with Crippen LogP contribution in [0.25, 0.3) is 0 Å². The van der Waals surface area contributed by atoms with E-state index in [2.05, 4.69) is 0 Å². The fourth-order valence-corrected chi connectivity index (χ4v) is 0. The number of hydrogen-bond donors (Lipinski definition) is 4. The van der Waals surface area contributed by atoms with Crippen LogP contribution in [-0.4, -0.2) is 54.0 Å². The molecular weight excluding hydrogens is 224 g/mol. The molecule has 0 aliphatic heterocycles. The van der Waals surface area contributed by atoms with E-state index in [1.807, 2.05) is 0 Å². The minimum Gasteiger partial charge on any atom is -0.368 e. The second-order valence-electron chi connectivity index (χ2n) is 0.600. The topological polar surface area (TPSA) is 80.9 Å². The van der Waals surface area contributed by atoms with Crippen LogP contribution in [0.3, 0.4) is 0 Å². The summed E-state index contributed by atoms with van der Waals surface area (Å²) in [5.74, 6) is 0. The Morgan fingerprint density at radius 3 is 0.889 bits per heavy atom. The van der Waals surface area contributed by atoms with Crippen molar-refractivity contribution in [3.63, 3.8) is 0 Å². The Hall–Kier alpha value is 1.60. The zero-order chi connectivity index (χ0) is 4.50. The first kappa shape index (κ1) is 31.1. The molecule has 0 bridgehead atoms. The van der Waals surface area contributed by atoms with E-state index in [9.17, 15) is 0 Å². The second-order valence-corrected chi connectivity index (χ2v) is 1.80. The van der Waals surface area contributed by atoms with E-state index in [1.165, 1.54) is 0 Å². The van der Waals surface area contributed by atoms with Gasteiger partial charge in [-0.2, -0.15) is 9.90 Å². The van der Waals surface area contributed by atoms with Crippen molar-refractivity contribution in [1.29, 1.82) is 0 Å². The maximum atomic E-state index is 7.33. The molecule has 4 radical (unpaired) electrons. The van der Waals surface area contributed by atoms with Crippen molar-refractivity contribution >= 4 is 44.7 Å². The van der Waals surface area contributed by atoms with Crippen LogP contribution in [-0.2, 0) is 17.1 Å². The summed E-state index contributed by atoms with van der Waals surface area (Å²) in [5.41, 5.74) is 0. The van der Waals surface area contributed by atoms with E-state index < -0.39 is 9.05 Å². The third kappa shape index (κ3) is 216. The summed E-state index contributed by atoms with van der Waals surface area (Å²) >= 11 is 0. The molecule has 0 aliphatic carbocycles. The van der Waals surface area contributed by atoms with E-state index in [0.717, 1.165) is 0 Å². The first-order valence-corrected chi connectivity index (χ1v) is 2.68. The van der Waals surface area contributed by atoms with Gasteiger partial charge >= 0.3 is 9.05 Å². The van der Waals surface area contributed by atoms with E-state index in [0.29, 0.717) is 0 Å².